The fraction of sp³-hybridized carbons (Fsp3) is 0.231. The van der Waals surface area contributed by atoms with Crippen LogP contribution < -0.4 is 0 Å². The predicted octanol–water partition coefficient (Wildman–Crippen LogP) is 1.95. The highest BCUT2D eigenvalue weighted by atomic mass is 32.2. The van der Waals surface area contributed by atoms with Gasteiger partial charge in [0.1, 0.15) is 27.8 Å². The van der Waals surface area contributed by atoms with Crippen molar-refractivity contribution in [3.05, 3.63) is 21.2 Å². The molecule has 0 spiro atoms. The Morgan fingerprint density at radius 2 is 1.68 bits per heavy atom. The summed E-state index contributed by atoms with van der Waals surface area (Å²) in [5, 5.41) is 22.9. The number of thioether (sulfide) groups is 2. The van der Waals surface area contributed by atoms with Crippen molar-refractivity contribution >= 4 is 35.2 Å². The van der Waals surface area contributed by atoms with Crippen molar-refractivity contribution in [3.63, 3.8) is 0 Å². The second kappa shape index (κ2) is 4.83. The molecule has 1 saturated carbocycles. The molecule has 1 fully saturated rings. The van der Waals surface area contributed by atoms with Gasteiger partial charge in [-0.2, -0.15) is 10.5 Å². The number of aromatic nitrogens is 2. The van der Waals surface area contributed by atoms with Crippen LogP contribution in [0.15, 0.2) is 25.0 Å². The molecule has 7 nitrogen and oxygen atoms in total. The van der Waals surface area contributed by atoms with Gasteiger partial charge in [0, 0.05) is 5.92 Å². The Hall–Kier alpha value is -2.36. The van der Waals surface area contributed by atoms with Crippen LogP contribution in [0.1, 0.15) is 24.2 Å². The van der Waals surface area contributed by atoms with Crippen LogP contribution in [0.2, 0.25) is 0 Å². The first kappa shape index (κ1) is 13.3. The summed E-state index contributed by atoms with van der Waals surface area (Å²) in [7, 11) is 0. The van der Waals surface area contributed by atoms with Crippen LogP contribution in [0.3, 0.4) is 0 Å². The zero-order valence-corrected chi connectivity index (χ0v) is 12.5. The molecule has 0 amide bonds. The maximum atomic E-state index is 11.9. The number of carbonyl (C=O) groups excluding carboxylic acids is 1. The number of oxime groups is 1. The Bertz CT molecular complexity index is 829. The maximum Gasteiger partial charge on any atom is 0.369 e. The Morgan fingerprint density at radius 3 is 2.18 bits per heavy atom. The van der Waals surface area contributed by atoms with E-state index in [0.29, 0.717) is 25.6 Å². The molecular weight excluding hydrogens is 322 g/mol. The molecule has 1 aliphatic carbocycles. The molecule has 4 rings (SSSR count). The van der Waals surface area contributed by atoms with Gasteiger partial charge in [0.15, 0.2) is 11.4 Å². The highest BCUT2D eigenvalue weighted by molar-refractivity contribution is 8.24. The quantitative estimate of drug-likeness (QED) is 0.568. The number of rotatable bonds is 1. The first-order chi connectivity index (χ1) is 10.7. The van der Waals surface area contributed by atoms with E-state index in [1.54, 1.807) is 0 Å². The Morgan fingerprint density at radius 1 is 1.09 bits per heavy atom. The lowest BCUT2D eigenvalue weighted by Gasteiger charge is -1.99. The van der Waals surface area contributed by atoms with Gasteiger partial charge in [-0.1, -0.05) is 28.7 Å². The summed E-state index contributed by atoms with van der Waals surface area (Å²) in [5.74, 6) is -0.185. The van der Waals surface area contributed by atoms with Gasteiger partial charge in [0.05, 0.1) is 9.95 Å². The zero-order valence-electron chi connectivity index (χ0n) is 10.9. The number of hydrogen-bond acceptors (Lipinski definition) is 9. The summed E-state index contributed by atoms with van der Waals surface area (Å²) in [4.78, 5) is 25.0. The van der Waals surface area contributed by atoms with Crippen LogP contribution >= 0.6 is 23.5 Å². The van der Waals surface area contributed by atoms with Crippen molar-refractivity contribution in [2.24, 2.45) is 11.1 Å². The second-order valence-corrected chi connectivity index (χ2v) is 7.01. The molecule has 1 aromatic rings. The van der Waals surface area contributed by atoms with Crippen molar-refractivity contribution in [3.8, 4) is 12.1 Å². The third-order valence-electron chi connectivity index (χ3n) is 3.28. The molecule has 1 aromatic heterocycles. The fourth-order valence-corrected chi connectivity index (χ4v) is 4.46. The third-order valence-corrected chi connectivity index (χ3v) is 5.64. The Balaban J connectivity index is 1.77. The topological polar surface area (TPSA) is 112 Å². The van der Waals surface area contributed by atoms with Crippen molar-refractivity contribution < 1.29 is 9.63 Å². The monoisotopic (exact) mass is 327 g/mol. The lowest BCUT2D eigenvalue weighted by atomic mass is 10.1. The summed E-state index contributed by atoms with van der Waals surface area (Å²) < 4.78 is 0.696. The van der Waals surface area contributed by atoms with E-state index in [4.69, 9.17) is 15.4 Å². The van der Waals surface area contributed by atoms with Crippen LogP contribution in [0.4, 0.5) is 0 Å². The minimum absolute atomic E-state index is 0.00863. The smallest absolute Gasteiger partial charge is 0.312 e. The van der Waals surface area contributed by atoms with Crippen molar-refractivity contribution in [2.45, 2.75) is 22.9 Å². The van der Waals surface area contributed by atoms with E-state index < -0.39 is 5.97 Å². The van der Waals surface area contributed by atoms with E-state index in [9.17, 15) is 4.79 Å². The molecule has 106 valence electrons. The first-order valence-electron chi connectivity index (χ1n) is 6.33. The maximum absolute atomic E-state index is 11.9. The summed E-state index contributed by atoms with van der Waals surface area (Å²) in [5.41, 5.74) is 1.14. The Kier molecular flexibility index (Phi) is 2.93. The minimum atomic E-state index is -0.467. The summed E-state index contributed by atoms with van der Waals surface area (Å²) in [6.07, 6.45) is 2.00. The molecule has 9 heteroatoms. The minimum Gasteiger partial charge on any atom is -0.312 e. The lowest BCUT2D eigenvalue weighted by molar-refractivity contribution is -0.136. The van der Waals surface area contributed by atoms with Crippen LogP contribution in [-0.4, -0.2) is 21.6 Å². The van der Waals surface area contributed by atoms with E-state index in [1.807, 2.05) is 12.1 Å². The molecule has 0 radical (unpaired) electrons. The lowest BCUT2D eigenvalue weighted by Crippen LogP contribution is -2.08. The molecule has 3 aliphatic rings. The number of hydrogen-bond donors (Lipinski definition) is 0. The van der Waals surface area contributed by atoms with Gasteiger partial charge in [0.25, 0.3) is 0 Å². The Labute approximate surface area is 133 Å². The highest BCUT2D eigenvalue weighted by Crippen LogP contribution is 2.52. The molecule has 0 saturated heterocycles. The van der Waals surface area contributed by atoms with Crippen LogP contribution in [0.5, 0.6) is 0 Å². The number of carbonyl (C=O) groups is 1. The summed E-state index contributed by atoms with van der Waals surface area (Å²) >= 11 is 2.52. The van der Waals surface area contributed by atoms with Gasteiger partial charge >= 0.3 is 5.97 Å². The first-order valence-corrected chi connectivity index (χ1v) is 7.96. The van der Waals surface area contributed by atoms with E-state index in [0.717, 1.165) is 12.8 Å². The number of fused-ring (bicyclic) bond motifs is 1. The van der Waals surface area contributed by atoms with Gasteiger partial charge < -0.3 is 4.84 Å². The van der Waals surface area contributed by atoms with Gasteiger partial charge in [-0.15, -0.1) is 0 Å². The molecule has 3 heterocycles. The van der Waals surface area contributed by atoms with Crippen molar-refractivity contribution in [1.29, 1.82) is 10.5 Å². The van der Waals surface area contributed by atoms with E-state index in [1.165, 1.54) is 23.5 Å². The van der Waals surface area contributed by atoms with Crippen molar-refractivity contribution in [1.82, 2.24) is 9.97 Å². The molecule has 0 N–H and O–H groups in total. The molecule has 22 heavy (non-hydrogen) atoms. The van der Waals surface area contributed by atoms with Gasteiger partial charge in [0.2, 0.25) is 0 Å². The van der Waals surface area contributed by atoms with E-state index in [-0.39, 0.29) is 17.3 Å². The van der Waals surface area contributed by atoms with Crippen LogP contribution in [0.25, 0.3) is 0 Å². The molecule has 0 aromatic carbocycles. The summed E-state index contributed by atoms with van der Waals surface area (Å²) in [6, 6.07) is 3.71. The third kappa shape index (κ3) is 1.98. The zero-order chi connectivity index (χ0) is 15.3. The van der Waals surface area contributed by atoms with Crippen molar-refractivity contribution in [2.75, 3.05) is 0 Å². The molecular formula is C13H5N5O2S2. The van der Waals surface area contributed by atoms with Gasteiger partial charge in [-0.3, -0.25) is 0 Å². The SMILES string of the molecule is N#Cc1nc2c(nc1C#N)SC(=C1C(=O)ON=C1C1CC1)S2. The molecule has 2 aliphatic heterocycles. The van der Waals surface area contributed by atoms with Crippen LogP contribution in [-0.2, 0) is 9.63 Å². The van der Waals surface area contributed by atoms with Gasteiger partial charge in [-0.05, 0) is 12.8 Å². The standard InChI is InChI=1S/C13H5N5O2S2/c14-3-6-7(4-15)17-11-10(16-6)21-13(22-11)8-9(5-1-2-5)18-20-12(8)19/h5H,1-2H2. The second-order valence-electron chi connectivity index (χ2n) is 4.75. The largest absolute Gasteiger partial charge is 0.369 e. The van der Waals surface area contributed by atoms with Crippen LogP contribution in [0, 0.1) is 28.6 Å². The number of nitrogens with zero attached hydrogens (tertiary/aromatic N) is 5. The molecule has 0 bridgehead atoms. The highest BCUT2D eigenvalue weighted by Gasteiger charge is 2.41. The molecule has 0 atom stereocenters. The normalized spacial score (nSPS) is 19.4. The predicted molar refractivity (Wildman–Crippen MR) is 76.5 cm³/mol. The summed E-state index contributed by atoms with van der Waals surface area (Å²) in [6.45, 7) is 0. The molecule has 0 unspecified atom stereocenters. The average molecular weight is 327 g/mol. The van der Waals surface area contributed by atoms with Gasteiger partial charge in [-0.25, -0.2) is 14.8 Å². The van der Waals surface area contributed by atoms with E-state index >= 15 is 0 Å². The number of nitriles is 2. The van der Waals surface area contributed by atoms with E-state index in [2.05, 4.69) is 15.1 Å². The average Bonchev–Trinajstić information content (AvgIpc) is 3.18. The fourth-order valence-electron chi connectivity index (χ4n) is 2.10.